The molecule has 20 heavy (non-hydrogen) atoms. The summed E-state index contributed by atoms with van der Waals surface area (Å²) in [5.41, 5.74) is 1.24. The lowest BCUT2D eigenvalue weighted by molar-refractivity contribution is 0.392. The molecule has 8 heteroatoms. The number of aryl methyl sites for hydroxylation is 2. The van der Waals surface area contributed by atoms with E-state index in [-0.39, 0.29) is 6.54 Å². The molecule has 0 aliphatic heterocycles. The van der Waals surface area contributed by atoms with E-state index in [0.29, 0.717) is 21.5 Å². The van der Waals surface area contributed by atoms with Crippen molar-refractivity contribution in [1.82, 2.24) is 9.88 Å². The topological polar surface area (TPSA) is 72.2 Å². The van der Waals surface area contributed by atoms with Crippen LogP contribution in [0.25, 0.3) is 0 Å². The number of nitrogens with one attached hydrogen (secondary N) is 1. The van der Waals surface area contributed by atoms with Crippen LogP contribution in [0.2, 0.25) is 0 Å². The number of aromatic nitrogens is 1. The van der Waals surface area contributed by atoms with Gasteiger partial charge in [0.25, 0.3) is 0 Å². The first-order chi connectivity index (χ1) is 9.31. The highest BCUT2D eigenvalue weighted by Gasteiger charge is 2.20. The first-order valence-corrected chi connectivity index (χ1v) is 7.95. The zero-order valence-electron chi connectivity index (χ0n) is 10.8. The molecule has 0 unspecified atom stereocenters. The normalized spacial score (nSPS) is 11.8. The van der Waals surface area contributed by atoms with E-state index >= 15 is 0 Å². The van der Waals surface area contributed by atoms with Crippen LogP contribution in [0.15, 0.2) is 32.1 Å². The average molecular weight is 363 g/mol. The molecule has 0 spiro atoms. The summed E-state index contributed by atoms with van der Waals surface area (Å²) in [4.78, 5) is -0.396. The third kappa shape index (κ3) is 3.08. The minimum atomic E-state index is -3.93. The molecule has 1 aromatic heterocycles. The molecular formula is C12H12BrFN2O3S. The predicted octanol–water partition coefficient (Wildman–Crippen LogP) is 2.67. The lowest BCUT2D eigenvalue weighted by atomic mass is 10.2. The Hall–Kier alpha value is -1.25. The van der Waals surface area contributed by atoms with Crippen molar-refractivity contribution in [1.29, 1.82) is 0 Å². The fourth-order valence-electron chi connectivity index (χ4n) is 1.69. The van der Waals surface area contributed by atoms with Gasteiger partial charge in [0.2, 0.25) is 10.0 Å². The van der Waals surface area contributed by atoms with Gasteiger partial charge in [0.05, 0.1) is 5.69 Å². The van der Waals surface area contributed by atoms with Crippen molar-refractivity contribution in [2.24, 2.45) is 0 Å². The van der Waals surface area contributed by atoms with E-state index in [4.69, 9.17) is 4.52 Å². The number of sulfonamides is 1. The Balaban J connectivity index is 2.24. The van der Waals surface area contributed by atoms with E-state index in [2.05, 4.69) is 25.8 Å². The Bertz CT molecular complexity index is 724. The van der Waals surface area contributed by atoms with E-state index in [1.807, 2.05) is 0 Å². The summed E-state index contributed by atoms with van der Waals surface area (Å²) < 4.78 is 45.6. The Kier molecular flexibility index (Phi) is 4.26. The highest BCUT2D eigenvalue weighted by Crippen LogP contribution is 2.20. The van der Waals surface area contributed by atoms with Gasteiger partial charge in [0.1, 0.15) is 16.5 Å². The summed E-state index contributed by atoms with van der Waals surface area (Å²) in [7, 11) is -3.93. The summed E-state index contributed by atoms with van der Waals surface area (Å²) in [6.45, 7) is 3.39. The molecule has 1 aromatic carbocycles. The minimum Gasteiger partial charge on any atom is -0.361 e. The van der Waals surface area contributed by atoms with Crippen molar-refractivity contribution < 1.29 is 17.3 Å². The Morgan fingerprint density at radius 2 is 2.10 bits per heavy atom. The highest BCUT2D eigenvalue weighted by atomic mass is 79.9. The van der Waals surface area contributed by atoms with Gasteiger partial charge in [-0.3, -0.25) is 0 Å². The monoisotopic (exact) mass is 362 g/mol. The summed E-state index contributed by atoms with van der Waals surface area (Å²) in [6.07, 6.45) is 0. The maximum atomic E-state index is 13.7. The zero-order valence-corrected chi connectivity index (χ0v) is 13.2. The van der Waals surface area contributed by atoms with Gasteiger partial charge in [-0.2, -0.15) is 0 Å². The maximum Gasteiger partial charge on any atom is 0.243 e. The second kappa shape index (κ2) is 5.63. The van der Waals surface area contributed by atoms with E-state index in [9.17, 15) is 12.8 Å². The third-order valence-corrected chi connectivity index (χ3v) is 4.73. The number of benzene rings is 1. The van der Waals surface area contributed by atoms with Crippen molar-refractivity contribution >= 4 is 26.0 Å². The summed E-state index contributed by atoms with van der Waals surface area (Å²) in [5.74, 6) is -0.285. The van der Waals surface area contributed by atoms with Gasteiger partial charge in [0, 0.05) is 16.6 Å². The molecule has 0 amide bonds. The quantitative estimate of drug-likeness (QED) is 0.907. The summed E-state index contributed by atoms with van der Waals surface area (Å²) in [5, 5.41) is 3.73. The van der Waals surface area contributed by atoms with E-state index < -0.39 is 20.7 Å². The molecule has 0 aliphatic carbocycles. The van der Waals surface area contributed by atoms with Gasteiger partial charge in [0.15, 0.2) is 0 Å². The van der Waals surface area contributed by atoms with Gasteiger partial charge in [-0.1, -0.05) is 21.1 Å². The molecule has 5 nitrogen and oxygen atoms in total. The lowest BCUT2D eigenvalue weighted by Crippen LogP contribution is -2.24. The molecule has 2 rings (SSSR count). The van der Waals surface area contributed by atoms with E-state index in [1.54, 1.807) is 13.8 Å². The molecule has 1 N–H and O–H groups in total. The van der Waals surface area contributed by atoms with Gasteiger partial charge >= 0.3 is 0 Å². The van der Waals surface area contributed by atoms with Crippen molar-refractivity contribution in [2.45, 2.75) is 25.3 Å². The molecular weight excluding hydrogens is 351 g/mol. The first-order valence-electron chi connectivity index (χ1n) is 5.67. The summed E-state index contributed by atoms with van der Waals surface area (Å²) in [6, 6.07) is 3.77. The molecule has 2 aromatic rings. The predicted molar refractivity (Wildman–Crippen MR) is 74.1 cm³/mol. The van der Waals surface area contributed by atoms with Crippen LogP contribution in [0.5, 0.6) is 0 Å². The minimum absolute atomic E-state index is 0.000988. The fourth-order valence-corrected chi connectivity index (χ4v) is 3.08. The smallest absolute Gasteiger partial charge is 0.243 e. The molecule has 1 heterocycles. The van der Waals surface area contributed by atoms with Crippen LogP contribution >= 0.6 is 15.9 Å². The highest BCUT2D eigenvalue weighted by molar-refractivity contribution is 9.10. The number of rotatable bonds is 4. The summed E-state index contributed by atoms with van der Waals surface area (Å²) >= 11 is 3.08. The molecule has 0 radical (unpaired) electrons. The molecule has 0 atom stereocenters. The van der Waals surface area contributed by atoms with Crippen LogP contribution in [0.4, 0.5) is 4.39 Å². The van der Waals surface area contributed by atoms with E-state index in [0.717, 1.165) is 6.07 Å². The molecule has 0 fully saturated rings. The van der Waals surface area contributed by atoms with Gasteiger partial charge in [-0.25, -0.2) is 17.5 Å². The zero-order chi connectivity index (χ0) is 14.9. The van der Waals surface area contributed by atoms with Crippen LogP contribution in [-0.4, -0.2) is 13.6 Å². The largest absolute Gasteiger partial charge is 0.361 e. The van der Waals surface area contributed by atoms with Crippen molar-refractivity contribution in [3.05, 3.63) is 45.5 Å². The number of halogens is 2. The molecule has 0 saturated carbocycles. The van der Waals surface area contributed by atoms with Crippen molar-refractivity contribution in [3.8, 4) is 0 Å². The Morgan fingerprint density at radius 3 is 2.65 bits per heavy atom. The van der Waals surface area contributed by atoms with Crippen LogP contribution in [0.1, 0.15) is 17.0 Å². The van der Waals surface area contributed by atoms with Crippen LogP contribution in [-0.2, 0) is 16.6 Å². The van der Waals surface area contributed by atoms with Crippen molar-refractivity contribution in [3.63, 3.8) is 0 Å². The maximum absolute atomic E-state index is 13.7. The molecule has 0 saturated heterocycles. The molecule has 0 aliphatic rings. The third-order valence-electron chi connectivity index (χ3n) is 2.80. The first kappa shape index (κ1) is 15.1. The number of nitrogens with zero attached hydrogens (tertiary/aromatic N) is 1. The Morgan fingerprint density at radius 1 is 1.40 bits per heavy atom. The molecule has 0 bridgehead atoms. The van der Waals surface area contributed by atoms with Gasteiger partial charge < -0.3 is 4.52 Å². The average Bonchev–Trinajstić information content (AvgIpc) is 2.66. The van der Waals surface area contributed by atoms with Crippen LogP contribution in [0, 0.1) is 19.7 Å². The number of hydrogen-bond acceptors (Lipinski definition) is 4. The second-order valence-corrected chi connectivity index (χ2v) is 6.85. The van der Waals surface area contributed by atoms with Gasteiger partial charge in [-0.05, 0) is 32.0 Å². The van der Waals surface area contributed by atoms with Crippen molar-refractivity contribution in [2.75, 3.05) is 0 Å². The number of hydrogen-bond donors (Lipinski definition) is 1. The van der Waals surface area contributed by atoms with Crippen LogP contribution in [0.3, 0.4) is 0 Å². The lowest BCUT2D eigenvalue weighted by Gasteiger charge is -2.07. The van der Waals surface area contributed by atoms with E-state index in [1.165, 1.54) is 12.1 Å². The SMILES string of the molecule is Cc1noc(C)c1CNS(=O)(=O)c1ccc(Br)cc1F. The standard InChI is InChI=1S/C12H12BrFN2O3S/c1-7-10(8(2)19-16-7)6-15-20(17,18)12-4-3-9(13)5-11(12)14/h3-5,15H,6H2,1-2H3. The fraction of sp³-hybridized carbons (Fsp3) is 0.250. The van der Waals surface area contributed by atoms with Gasteiger partial charge in [-0.15, -0.1) is 0 Å². The van der Waals surface area contributed by atoms with Crippen LogP contribution < -0.4 is 4.72 Å². The molecule has 108 valence electrons. The Labute approximate surface area is 124 Å². The second-order valence-electron chi connectivity index (χ2n) is 4.20.